The fourth-order valence-corrected chi connectivity index (χ4v) is 7.23. The maximum Gasteiger partial charge on any atom is 0.0899 e. The van der Waals surface area contributed by atoms with Crippen LogP contribution in [-0.2, 0) is 0 Å². The van der Waals surface area contributed by atoms with Crippen molar-refractivity contribution in [3.8, 4) is 0 Å². The van der Waals surface area contributed by atoms with E-state index in [4.69, 9.17) is 0 Å². The molecule has 2 aliphatic carbocycles. The molecule has 0 spiro atoms. The van der Waals surface area contributed by atoms with Crippen LogP contribution >= 0.6 is 0 Å². The van der Waals surface area contributed by atoms with Crippen molar-refractivity contribution in [2.45, 2.75) is 106 Å². The van der Waals surface area contributed by atoms with Crippen molar-refractivity contribution in [1.29, 1.82) is 0 Å². The molecular formula is C27H50N2. The van der Waals surface area contributed by atoms with Crippen LogP contribution in [0.1, 0.15) is 93.9 Å². The zero-order chi connectivity index (χ0) is 21.3. The van der Waals surface area contributed by atoms with Crippen LogP contribution in [0.2, 0.25) is 0 Å². The Balaban J connectivity index is 1.81. The van der Waals surface area contributed by atoms with Gasteiger partial charge in [-0.15, -0.1) is 0 Å². The van der Waals surface area contributed by atoms with Gasteiger partial charge in [-0.1, -0.05) is 68.2 Å². The van der Waals surface area contributed by atoms with Crippen LogP contribution in [0, 0.1) is 47.3 Å². The van der Waals surface area contributed by atoms with Crippen LogP contribution in [0.5, 0.6) is 0 Å². The summed E-state index contributed by atoms with van der Waals surface area (Å²) in [6.45, 7) is 20.8. The maximum atomic E-state index is 2.78. The Hall–Kier alpha value is -0.660. The van der Waals surface area contributed by atoms with E-state index < -0.39 is 0 Å². The Labute approximate surface area is 182 Å². The van der Waals surface area contributed by atoms with E-state index in [1.54, 1.807) is 0 Å². The lowest BCUT2D eigenvalue weighted by molar-refractivity contribution is -0.00463. The van der Waals surface area contributed by atoms with E-state index in [0.717, 1.165) is 66.1 Å². The van der Waals surface area contributed by atoms with E-state index in [0.29, 0.717) is 0 Å². The molecule has 0 saturated heterocycles. The van der Waals surface area contributed by atoms with Gasteiger partial charge in [0.05, 0.1) is 6.67 Å². The molecule has 1 aliphatic heterocycles. The second-order valence-electron chi connectivity index (χ2n) is 11.9. The van der Waals surface area contributed by atoms with Crippen molar-refractivity contribution in [2.75, 3.05) is 6.67 Å². The van der Waals surface area contributed by atoms with Crippen LogP contribution in [0.15, 0.2) is 12.4 Å². The van der Waals surface area contributed by atoms with Gasteiger partial charge >= 0.3 is 0 Å². The Morgan fingerprint density at radius 1 is 0.517 bits per heavy atom. The summed E-state index contributed by atoms with van der Waals surface area (Å²) in [5, 5.41) is 0. The van der Waals surface area contributed by atoms with Gasteiger partial charge in [0.25, 0.3) is 0 Å². The van der Waals surface area contributed by atoms with Gasteiger partial charge < -0.3 is 9.80 Å². The summed E-state index contributed by atoms with van der Waals surface area (Å²) in [6, 6.07) is 1.45. The fraction of sp³-hybridized carbons (Fsp3) is 0.926. The summed E-state index contributed by atoms with van der Waals surface area (Å²) in [6.07, 6.45) is 13.5. The molecular weight excluding hydrogens is 352 g/mol. The molecule has 3 rings (SSSR count). The quantitative estimate of drug-likeness (QED) is 0.462. The second kappa shape index (κ2) is 9.65. The van der Waals surface area contributed by atoms with E-state index >= 15 is 0 Å². The molecule has 4 atom stereocenters. The topological polar surface area (TPSA) is 6.48 Å². The average Bonchev–Trinajstić information content (AvgIpc) is 3.15. The minimum Gasteiger partial charge on any atom is -0.355 e. The zero-order valence-corrected chi connectivity index (χ0v) is 20.8. The number of hydrogen-bond donors (Lipinski definition) is 0. The molecule has 1 heterocycles. The molecule has 168 valence electrons. The first-order valence-corrected chi connectivity index (χ1v) is 12.9. The molecule has 4 unspecified atom stereocenters. The molecule has 0 bridgehead atoms. The lowest BCUT2D eigenvalue weighted by atomic mass is 9.67. The summed E-state index contributed by atoms with van der Waals surface area (Å²) in [5.41, 5.74) is 0. The van der Waals surface area contributed by atoms with Gasteiger partial charge in [-0.25, -0.2) is 0 Å². The highest BCUT2D eigenvalue weighted by atomic mass is 15.4. The van der Waals surface area contributed by atoms with E-state index in [1.807, 2.05) is 0 Å². The Morgan fingerprint density at radius 2 is 0.793 bits per heavy atom. The molecule has 2 nitrogen and oxygen atoms in total. The fourth-order valence-electron chi connectivity index (χ4n) is 7.23. The van der Waals surface area contributed by atoms with Crippen molar-refractivity contribution in [3.05, 3.63) is 12.4 Å². The normalized spacial score (nSPS) is 36.3. The summed E-state index contributed by atoms with van der Waals surface area (Å²) < 4.78 is 0. The summed E-state index contributed by atoms with van der Waals surface area (Å²) in [7, 11) is 0. The zero-order valence-electron chi connectivity index (χ0n) is 20.8. The minimum absolute atomic E-state index is 0.726. The molecule has 2 heteroatoms. The Morgan fingerprint density at radius 3 is 1.03 bits per heavy atom. The van der Waals surface area contributed by atoms with Crippen molar-refractivity contribution < 1.29 is 0 Å². The van der Waals surface area contributed by atoms with Crippen molar-refractivity contribution >= 4 is 0 Å². The van der Waals surface area contributed by atoms with E-state index in [1.165, 1.54) is 38.5 Å². The molecule has 0 amide bonds. The first-order valence-electron chi connectivity index (χ1n) is 12.9. The van der Waals surface area contributed by atoms with Gasteiger partial charge in [-0.2, -0.15) is 0 Å². The van der Waals surface area contributed by atoms with E-state index in [-0.39, 0.29) is 0 Å². The molecule has 29 heavy (non-hydrogen) atoms. The third-order valence-electron chi connectivity index (χ3n) is 8.87. The van der Waals surface area contributed by atoms with Crippen molar-refractivity contribution in [3.63, 3.8) is 0 Å². The van der Waals surface area contributed by atoms with Crippen LogP contribution < -0.4 is 0 Å². The number of rotatable bonds is 6. The summed E-state index contributed by atoms with van der Waals surface area (Å²) in [4.78, 5) is 5.55. The SMILES string of the molecule is CC(C)C1CCCC(C(C)C)C1N1C=CN(C2C(C(C)C)CCCC2C(C)C)C1. The molecule has 0 radical (unpaired) electrons. The molecule has 0 N–H and O–H groups in total. The summed E-state index contributed by atoms with van der Waals surface area (Å²) in [5.74, 6) is 6.50. The molecule has 0 aromatic heterocycles. The van der Waals surface area contributed by atoms with E-state index in [9.17, 15) is 0 Å². The van der Waals surface area contributed by atoms with Crippen molar-refractivity contribution in [1.82, 2.24) is 9.80 Å². The minimum atomic E-state index is 0.726. The van der Waals surface area contributed by atoms with Crippen molar-refractivity contribution in [2.24, 2.45) is 47.3 Å². The standard InChI is InChI=1S/C27H50N2/c1-18(2)22-11-9-12-23(19(3)4)26(22)28-15-16-29(17-28)27-24(20(5)6)13-10-14-25(27)21(7)8/h15-16,18-27H,9-14,17H2,1-8H3. The first-order chi connectivity index (χ1) is 13.7. The van der Waals surface area contributed by atoms with Gasteiger partial charge in [0.1, 0.15) is 0 Å². The number of nitrogens with zero attached hydrogens (tertiary/aromatic N) is 2. The second-order valence-corrected chi connectivity index (χ2v) is 11.9. The monoisotopic (exact) mass is 402 g/mol. The highest BCUT2D eigenvalue weighted by molar-refractivity contribution is 5.05. The van der Waals surface area contributed by atoms with E-state index in [2.05, 4.69) is 77.6 Å². The third-order valence-corrected chi connectivity index (χ3v) is 8.87. The first kappa shape index (κ1) is 23.0. The van der Waals surface area contributed by atoms with Gasteiger partial charge in [-0.05, 0) is 73.0 Å². The lowest BCUT2D eigenvalue weighted by Crippen LogP contribution is -2.53. The molecule has 0 aromatic carbocycles. The van der Waals surface area contributed by atoms with Gasteiger partial charge in [0, 0.05) is 24.5 Å². The van der Waals surface area contributed by atoms with Gasteiger partial charge in [0.15, 0.2) is 0 Å². The van der Waals surface area contributed by atoms with Crippen LogP contribution in [0.3, 0.4) is 0 Å². The molecule has 2 fully saturated rings. The smallest absolute Gasteiger partial charge is 0.0899 e. The molecule has 2 saturated carbocycles. The predicted octanol–water partition coefficient (Wildman–Crippen LogP) is 7.23. The van der Waals surface area contributed by atoms with Gasteiger partial charge in [0.2, 0.25) is 0 Å². The Kier molecular flexibility index (Phi) is 7.66. The highest BCUT2D eigenvalue weighted by Gasteiger charge is 2.44. The largest absolute Gasteiger partial charge is 0.355 e. The van der Waals surface area contributed by atoms with Crippen LogP contribution in [-0.4, -0.2) is 28.6 Å². The molecule has 3 aliphatic rings. The maximum absolute atomic E-state index is 2.78. The third kappa shape index (κ3) is 4.82. The average molecular weight is 403 g/mol. The Bertz CT molecular complexity index is 457. The highest BCUT2D eigenvalue weighted by Crippen LogP contribution is 2.44. The van der Waals surface area contributed by atoms with Crippen LogP contribution in [0.25, 0.3) is 0 Å². The van der Waals surface area contributed by atoms with Gasteiger partial charge in [-0.3, -0.25) is 0 Å². The molecule has 0 aromatic rings. The van der Waals surface area contributed by atoms with Crippen LogP contribution in [0.4, 0.5) is 0 Å². The number of hydrogen-bond acceptors (Lipinski definition) is 2. The summed E-state index contributed by atoms with van der Waals surface area (Å²) >= 11 is 0. The lowest BCUT2D eigenvalue weighted by Gasteiger charge is -2.50. The predicted molar refractivity (Wildman–Crippen MR) is 126 cm³/mol.